The van der Waals surface area contributed by atoms with E-state index in [4.69, 9.17) is 0 Å². The summed E-state index contributed by atoms with van der Waals surface area (Å²) in [7, 11) is 1.64. The van der Waals surface area contributed by atoms with Crippen LogP contribution < -0.4 is 10.6 Å². The Morgan fingerprint density at radius 3 is 2.96 bits per heavy atom. The second kappa shape index (κ2) is 7.48. The van der Waals surface area contributed by atoms with Crippen LogP contribution in [0.5, 0.6) is 0 Å². The van der Waals surface area contributed by atoms with E-state index in [-0.39, 0.29) is 17.5 Å². The van der Waals surface area contributed by atoms with Crippen molar-refractivity contribution in [3.8, 4) is 0 Å². The molecule has 5 heteroatoms. The van der Waals surface area contributed by atoms with Crippen LogP contribution in [-0.2, 0) is 11.2 Å². The fraction of sp³-hybridized carbons (Fsp3) is 0.400. The molecule has 1 fully saturated rings. The molecule has 1 saturated heterocycles. The molecule has 1 aliphatic heterocycles. The highest BCUT2D eigenvalue weighted by Gasteiger charge is 2.33. The number of nitrogens with one attached hydrogen (secondary N) is 2. The molecule has 0 saturated carbocycles. The van der Waals surface area contributed by atoms with Gasteiger partial charge in [-0.25, -0.2) is 4.99 Å². The van der Waals surface area contributed by atoms with E-state index in [1.54, 1.807) is 18.8 Å². The van der Waals surface area contributed by atoms with Crippen molar-refractivity contribution in [2.24, 2.45) is 4.99 Å². The summed E-state index contributed by atoms with van der Waals surface area (Å²) < 4.78 is 0. The molecule has 0 bridgehead atoms. The number of likely N-dealkylation sites (N-methyl/N-ethyl adjacent to an activating group) is 1. The zero-order valence-corrected chi connectivity index (χ0v) is 15.8. The molecule has 0 aromatic heterocycles. The molecular weight excluding hydrogens is 330 g/mol. The van der Waals surface area contributed by atoms with Crippen molar-refractivity contribution in [2.45, 2.75) is 38.3 Å². The number of hydrogen-bond donors (Lipinski definition) is 2. The van der Waals surface area contributed by atoms with Crippen LogP contribution in [0, 0.1) is 0 Å². The number of allylic oxidation sites excluding steroid dienone is 1. The largest absolute Gasteiger partial charge is 0.357 e. The molecule has 1 aromatic carbocycles. The van der Waals surface area contributed by atoms with Gasteiger partial charge in [0.25, 0.3) is 0 Å². The third kappa shape index (κ3) is 3.98. The molecule has 3 rings (SSSR count). The van der Waals surface area contributed by atoms with Crippen LogP contribution >= 0.6 is 11.8 Å². The number of thioether (sulfide) groups is 1. The second-order valence-electron chi connectivity index (χ2n) is 6.68. The average Bonchev–Trinajstić information content (AvgIpc) is 2.84. The minimum Gasteiger partial charge on any atom is -0.357 e. The monoisotopic (exact) mass is 355 g/mol. The number of amides is 1. The van der Waals surface area contributed by atoms with Gasteiger partial charge in [-0.1, -0.05) is 54.3 Å². The number of aliphatic imine (C=N–C) groups is 1. The Bertz CT molecular complexity index is 753. The molecule has 2 aliphatic rings. The molecule has 0 radical (unpaired) electrons. The summed E-state index contributed by atoms with van der Waals surface area (Å²) in [6, 6.07) is 8.13. The zero-order valence-electron chi connectivity index (χ0n) is 15.0. The molecule has 132 valence electrons. The van der Waals surface area contributed by atoms with E-state index in [0.29, 0.717) is 0 Å². The molecule has 1 amide bonds. The number of benzene rings is 1. The number of amidine groups is 1. The van der Waals surface area contributed by atoms with Crippen molar-refractivity contribution in [3.05, 3.63) is 53.1 Å². The standard InChI is InChI=1S/C20H25N3OS/c1-14(18(24)21-3)22-19-23-20(2,12-13-25-19)17-10-8-15-6-4-5-7-16(15)9-11-17/h4-8,10-11,14H,9,12-13H2,1-3H3,(H,21,24)(H,22,23). The molecule has 25 heavy (non-hydrogen) atoms. The molecular formula is C20H25N3OS. The third-order valence-corrected chi connectivity index (χ3v) is 5.73. The fourth-order valence-electron chi connectivity index (χ4n) is 3.18. The quantitative estimate of drug-likeness (QED) is 0.876. The first kappa shape index (κ1) is 17.8. The number of nitrogens with zero attached hydrogens (tertiary/aromatic N) is 1. The number of rotatable bonds is 3. The van der Waals surface area contributed by atoms with E-state index in [0.717, 1.165) is 23.8 Å². The van der Waals surface area contributed by atoms with Crippen LogP contribution in [0.1, 0.15) is 31.4 Å². The smallest absolute Gasteiger partial charge is 0.244 e. The molecule has 1 aliphatic carbocycles. The van der Waals surface area contributed by atoms with Gasteiger partial charge in [-0.15, -0.1) is 0 Å². The molecule has 2 atom stereocenters. The first-order chi connectivity index (χ1) is 12.0. The van der Waals surface area contributed by atoms with E-state index in [9.17, 15) is 4.79 Å². The van der Waals surface area contributed by atoms with Crippen LogP contribution in [0.15, 0.2) is 47.0 Å². The highest BCUT2D eigenvalue weighted by atomic mass is 32.2. The summed E-state index contributed by atoms with van der Waals surface area (Å²) in [5, 5.41) is 7.08. The van der Waals surface area contributed by atoms with Crippen molar-refractivity contribution < 1.29 is 4.79 Å². The number of carbonyl (C=O) groups excluding carboxylic acids is 1. The topological polar surface area (TPSA) is 53.5 Å². The lowest BCUT2D eigenvalue weighted by molar-refractivity contribution is -0.121. The molecule has 2 N–H and O–H groups in total. The Morgan fingerprint density at radius 2 is 2.16 bits per heavy atom. The van der Waals surface area contributed by atoms with Gasteiger partial charge in [0, 0.05) is 12.8 Å². The van der Waals surface area contributed by atoms with E-state index >= 15 is 0 Å². The Morgan fingerprint density at radius 1 is 1.36 bits per heavy atom. The first-order valence-electron chi connectivity index (χ1n) is 8.69. The molecule has 2 unspecified atom stereocenters. The fourth-order valence-corrected chi connectivity index (χ4v) is 4.41. The predicted octanol–water partition coefficient (Wildman–Crippen LogP) is 3.16. The SMILES string of the molecule is CNC(=O)C(C)N=C1NC(C)(C2=CCc3ccccc3C=C2)CCS1. The van der Waals surface area contributed by atoms with Gasteiger partial charge in [0.1, 0.15) is 6.04 Å². The van der Waals surface area contributed by atoms with Crippen LogP contribution in [0.25, 0.3) is 6.08 Å². The molecule has 1 heterocycles. The van der Waals surface area contributed by atoms with Gasteiger partial charge in [0.15, 0.2) is 5.17 Å². The average molecular weight is 356 g/mol. The van der Waals surface area contributed by atoms with E-state index in [2.05, 4.69) is 65.0 Å². The first-order valence-corrected chi connectivity index (χ1v) is 9.67. The Hall–Kier alpha value is -2.01. The molecule has 4 nitrogen and oxygen atoms in total. The van der Waals surface area contributed by atoms with Crippen LogP contribution in [-0.4, -0.2) is 35.5 Å². The minimum absolute atomic E-state index is 0.0637. The van der Waals surface area contributed by atoms with Gasteiger partial charge in [-0.05, 0) is 43.4 Å². The van der Waals surface area contributed by atoms with E-state index < -0.39 is 0 Å². The minimum atomic E-state index is -0.384. The maximum absolute atomic E-state index is 11.7. The highest BCUT2D eigenvalue weighted by Crippen LogP contribution is 2.32. The molecule has 0 spiro atoms. The summed E-state index contributed by atoms with van der Waals surface area (Å²) in [5.41, 5.74) is 3.75. The van der Waals surface area contributed by atoms with Gasteiger partial charge in [-0.3, -0.25) is 4.79 Å². The summed E-state index contributed by atoms with van der Waals surface area (Å²) in [5.74, 6) is 0.923. The van der Waals surface area contributed by atoms with Crippen LogP contribution in [0.4, 0.5) is 0 Å². The van der Waals surface area contributed by atoms with Gasteiger partial charge in [-0.2, -0.15) is 0 Å². The van der Waals surface area contributed by atoms with Gasteiger partial charge < -0.3 is 10.6 Å². The summed E-state index contributed by atoms with van der Waals surface area (Å²) in [6.07, 6.45) is 8.69. The Labute approximate surface area is 153 Å². The van der Waals surface area contributed by atoms with Gasteiger partial charge >= 0.3 is 0 Å². The van der Waals surface area contributed by atoms with Crippen LogP contribution in [0.2, 0.25) is 0 Å². The third-order valence-electron chi connectivity index (χ3n) is 4.84. The van der Waals surface area contributed by atoms with Crippen molar-refractivity contribution >= 4 is 28.9 Å². The maximum atomic E-state index is 11.7. The lowest BCUT2D eigenvalue weighted by atomic mass is 9.88. The van der Waals surface area contributed by atoms with E-state index in [1.165, 1.54) is 16.7 Å². The maximum Gasteiger partial charge on any atom is 0.244 e. The van der Waals surface area contributed by atoms with Crippen molar-refractivity contribution in [2.75, 3.05) is 12.8 Å². The van der Waals surface area contributed by atoms with Crippen molar-refractivity contribution in [1.29, 1.82) is 0 Å². The highest BCUT2D eigenvalue weighted by molar-refractivity contribution is 8.13. The summed E-state index contributed by atoms with van der Waals surface area (Å²) in [6.45, 7) is 4.04. The number of carbonyl (C=O) groups is 1. The zero-order chi connectivity index (χ0) is 17.9. The van der Waals surface area contributed by atoms with Gasteiger partial charge in [0.2, 0.25) is 5.91 Å². The number of hydrogen-bond acceptors (Lipinski definition) is 3. The summed E-state index contributed by atoms with van der Waals surface area (Å²) >= 11 is 1.69. The normalized spacial score (nSPS) is 25.4. The lowest BCUT2D eigenvalue weighted by Crippen LogP contribution is -2.50. The van der Waals surface area contributed by atoms with Crippen molar-refractivity contribution in [1.82, 2.24) is 10.6 Å². The summed E-state index contributed by atoms with van der Waals surface area (Å²) in [4.78, 5) is 16.3. The Kier molecular flexibility index (Phi) is 5.33. The van der Waals surface area contributed by atoms with Crippen LogP contribution in [0.3, 0.4) is 0 Å². The van der Waals surface area contributed by atoms with Gasteiger partial charge in [0.05, 0.1) is 5.54 Å². The number of fused-ring (bicyclic) bond motifs is 1. The lowest BCUT2D eigenvalue weighted by Gasteiger charge is -2.37. The predicted molar refractivity (Wildman–Crippen MR) is 107 cm³/mol. The molecule has 1 aromatic rings. The van der Waals surface area contributed by atoms with E-state index in [1.807, 2.05) is 6.92 Å². The van der Waals surface area contributed by atoms with Crippen molar-refractivity contribution in [3.63, 3.8) is 0 Å². The second-order valence-corrected chi connectivity index (χ2v) is 7.76. The Balaban J connectivity index is 1.81.